The van der Waals surface area contributed by atoms with Crippen molar-refractivity contribution >= 4 is 15.7 Å². The summed E-state index contributed by atoms with van der Waals surface area (Å²) in [4.78, 5) is 4.87. The van der Waals surface area contributed by atoms with Gasteiger partial charge in [-0.2, -0.15) is 0 Å². The van der Waals surface area contributed by atoms with E-state index in [1.54, 1.807) is 24.3 Å². The molecule has 0 unspecified atom stereocenters. The van der Waals surface area contributed by atoms with E-state index in [2.05, 4.69) is 33.4 Å². The van der Waals surface area contributed by atoms with E-state index < -0.39 is 10.0 Å². The lowest BCUT2D eigenvalue weighted by Gasteiger charge is -2.36. The Morgan fingerprint density at radius 1 is 0.848 bits per heavy atom. The molecule has 0 amide bonds. The van der Waals surface area contributed by atoms with Crippen LogP contribution in [0.1, 0.15) is 22.7 Å². The summed E-state index contributed by atoms with van der Waals surface area (Å²) in [5.74, 6) is 6.73. The first-order valence-corrected chi connectivity index (χ1v) is 12.6. The van der Waals surface area contributed by atoms with Crippen LogP contribution < -0.4 is 4.72 Å². The molecule has 3 aromatic rings. The zero-order valence-electron chi connectivity index (χ0n) is 19.0. The lowest BCUT2D eigenvalue weighted by molar-refractivity contribution is 0.134. The summed E-state index contributed by atoms with van der Waals surface area (Å²) < 4.78 is 29.1. The predicted octanol–water partition coefficient (Wildman–Crippen LogP) is 4.14. The number of aryl methyl sites for hydroxylation is 1. The van der Waals surface area contributed by atoms with Crippen LogP contribution in [0.5, 0.6) is 0 Å². The fourth-order valence-electron chi connectivity index (χ4n) is 3.87. The average Bonchev–Trinajstić information content (AvgIpc) is 2.82. The lowest BCUT2D eigenvalue weighted by Crippen LogP contribution is -2.45. The Kier molecular flexibility index (Phi) is 7.14. The molecule has 4 rings (SSSR count). The SMILES string of the molecule is Cc1ccc(S(=O)(=O)Nc2ccccc2[C@H](C#Cc2ccccc2)N2CCN(C)CC2)cc1. The number of piperazine rings is 1. The van der Waals surface area contributed by atoms with Crippen molar-refractivity contribution in [2.45, 2.75) is 17.9 Å². The third kappa shape index (κ3) is 5.82. The molecule has 5 nitrogen and oxygen atoms in total. The molecule has 1 aliphatic heterocycles. The van der Waals surface area contributed by atoms with Gasteiger partial charge in [0, 0.05) is 37.3 Å². The first kappa shape index (κ1) is 23.1. The van der Waals surface area contributed by atoms with E-state index in [1.807, 2.05) is 61.5 Å². The second-order valence-corrected chi connectivity index (χ2v) is 10.1. The fourth-order valence-corrected chi connectivity index (χ4v) is 4.96. The normalized spacial score (nSPS) is 15.9. The molecule has 0 aromatic heterocycles. The average molecular weight is 460 g/mol. The molecule has 1 heterocycles. The molecule has 1 N–H and O–H groups in total. The monoisotopic (exact) mass is 459 g/mol. The maximum absolute atomic E-state index is 13.1. The second kappa shape index (κ2) is 10.2. The van der Waals surface area contributed by atoms with Crippen molar-refractivity contribution in [1.29, 1.82) is 0 Å². The summed E-state index contributed by atoms with van der Waals surface area (Å²) in [6, 6.07) is 24.1. The van der Waals surface area contributed by atoms with Crippen molar-refractivity contribution in [3.8, 4) is 11.8 Å². The van der Waals surface area contributed by atoms with Crippen LogP contribution in [0.4, 0.5) is 5.69 Å². The smallest absolute Gasteiger partial charge is 0.261 e. The largest absolute Gasteiger partial charge is 0.304 e. The summed E-state index contributed by atoms with van der Waals surface area (Å²) >= 11 is 0. The van der Waals surface area contributed by atoms with Crippen LogP contribution in [0.3, 0.4) is 0 Å². The standard InChI is InChI=1S/C27H29N3O2S/c1-22-12-15-24(16-13-22)33(31,32)28-26-11-7-6-10-25(26)27(30-20-18-29(2)19-21-30)17-14-23-8-4-3-5-9-23/h3-13,15-16,27-28H,18-21H2,1-2H3/t27-/m0/s1. The fraction of sp³-hybridized carbons (Fsp3) is 0.259. The molecule has 1 saturated heterocycles. The van der Waals surface area contributed by atoms with Crippen molar-refractivity contribution in [2.75, 3.05) is 37.9 Å². The van der Waals surface area contributed by atoms with E-state index in [0.717, 1.165) is 42.9 Å². The topological polar surface area (TPSA) is 52.7 Å². The lowest BCUT2D eigenvalue weighted by atomic mass is 10.0. The van der Waals surface area contributed by atoms with Crippen molar-refractivity contribution in [2.24, 2.45) is 0 Å². The van der Waals surface area contributed by atoms with E-state index in [9.17, 15) is 8.42 Å². The van der Waals surface area contributed by atoms with Gasteiger partial charge in [0.15, 0.2) is 0 Å². The zero-order chi connectivity index (χ0) is 23.3. The number of benzene rings is 3. The van der Waals surface area contributed by atoms with Crippen LogP contribution in [-0.4, -0.2) is 51.4 Å². The molecule has 0 radical (unpaired) electrons. The molecular weight excluding hydrogens is 430 g/mol. The molecule has 6 heteroatoms. The molecule has 0 bridgehead atoms. The molecule has 0 spiro atoms. The molecule has 33 heavy (non-hydrogen) atoms. The minimum absolute atomic E-state index is 0.226. The van der Waals surface area contributed by atoms with E-state index in [0.29, 0.717) is 5.69 Å². The van der Waals surface area contributed by atoms with Gasteiger partial charge in [0.05, 0.1) is 16.6 Å². The minimum atomic E-state index is -3.72. The van der Waals surface area contributed by atoms with Gasteiger partial charge in [0.2, 0.25) is 0 Å². The van der Waals surface area contributed by atoms with Crippen LogP contribution in [0.15, 0.2) is 83.8 Å². The third-order valence-electron chi connectivity index (χ3n) is 5.86. The minimum Gasteiger partial charge on any atom is -0.304 e. The molecule has 0 saturated carbocycles. The number of para-hydroxylation sites is 1. The van der Waals surface area contributed by atoms with Gasteiger partial charge < -0.3 is 4.90 Å². The number of nitrogens with zero attached hydrogens (tertiary/aromatic N) is 2. The van der Waals surface area contributed by atoms with E-state index in [1.165, 1.54) is 0 Å². The highest BCUT2D eigenvalue weighted by Gasteiger charge is 2.26. The van der Waals surface area contributed by atoms with Crippen molar-refractivity contribution in [3.05, 3.63) is 95.6 Å². The van der Waals surface area contributed by atoms with Crippen LogP contribution in [0.2, 0.25) is 0 Å². The number of hydrogen-bond acceptors (Lipinski definition) is 4. The zero-order valence-corrected chi connectivity index (χ0v) is 19.8. The Morgan fingerprint density at radius 3 is 2.18 bits per heavy atom. The van der Waals surface area contributed by atoms with Gasteiger partial charge in [-0.25, -0.2) is 8.42 Å². The molecule has 1 fully saturated rings. The number of nitrogens with one attached hydrogen (secondary N) is 1. The quantitative estimate of drug-likeness (QED) is 0.583. The summed E-state index contributed by atoms with van der Waals surface area (Å²) in [6.07, 6.45) is 0. The van der Waals surface area contributed by atoms with E-state index in [4.69, 9.17) is 0 Å². The summed E-state index contributed by atoms with van der Waals surface area (Å²) in [6.45, 7) is 5.56. The summed E-state index contributed by atoms with van der Waals surface area (Å²) in [5, 5.41) is 0. The number of rotatable bonds is 5. The Balaban J connectivity index is 1.70. The first-order valence-electron chi connectivity index (χ1n) is 11.1. The number of sulfonamides is 1. The van der Waals surface area contributed by atoms with Crippen LogP contribution in [-0.2, 0) is 10.0 Å². The van der Waals surface area contributed by atoms with Crippen molar-refractivity contribution < 1.29 is 8.42 Å². The maximum atomic E-state index is 13.1. The highest BCUT2D eigenvalue weighted by molar-refractivity contribution is 7.92. The molecule has 170 valence electrons. The Morgan fingerprint density at radius 2 is 1.48 bits per heavy atom. The van der Waals surface area contributed by atoms with Gasteiger partial charge in [0.1, 0.15) is 0 Å². The van der Waals surface area contributed by atoms with Crippen LogP contribution in [0.25, 0.3) is 0 Å². The Hall–Kier alpha value is -3.11. The van der Waals surface area contributed by atoms with Gasteiger partial charge in [0.25, 0.3) is 10.0 Å². The predicted molar refractivity (Wildman–Crippen MR) is 134 cm³/mol. The number of likely N-dealkylation sites (N-methyl/N-ethyl adjacent to an activating group) is 1. The van der Waals surface area contributed by atoms with E-state index >= 15 is 0 Å². The van der Waals surface area contributed by atoms with Crippen molar-refractivity contribution in [1.82, 2.24) is 9.80 Å². The maximum Gasteiger partial charge on any atom is 0.261 e. The van der Waals surface area contributed by atoms with Crippen LogP contribution >= 0.6 is 0 Å². The van der Waals surface area contributed by atoms with Gasteiger partial charge in [-0.05, 0) is 44.3 Å². The Bertz CT molecular complexity index is 1240. The molecule has 1 atom stereocenters. The molecule has 0 aliphatic carbocycles. The molecule has 1 aliphatic rings. The van der Waals surface area contributed by atoms with Crippen LogP contribution in [0, 0.1) is 18.8 Å². The molecule has 3 aromatic carbocycles. The van der Waals surface area contributed by atoms with Gasteiger partial charge in [-0.1, -0.05) is 65.9 Å². The number of hydrogen-bond donors (Lipinski definition) is 1. The van der Waals surface area contributed by atoms with Gasteiger partial charge in [-0.15, -0.1) is 0 Å². The Labute approximate surface area is 197 Å². The van der Waals surface area contributed by atoms with E-state index in [-0.39, 0.29) is 10.9 Å². The second-order valence-electron chi connectivity index (χ2n) is 8.38. The van der Waals surface area contributed by atoms with Crippen molar-refractivity contribution in [3.63, 3.8) is 0 Å². The summed E-state index contributed by atoms with van der Waals surface area (Å²) in [7, 11) is -1.60. The summed E-state index contributed by atoms with van der Waals surface area (Å²) in [5.41, 5.74) is 3.38. The highest BCUT2D eigenvalue weighted by Crippen LogP contribution is 2.30. The molecular formula is C27H29N3O2S. The first-order chi connectivity index (χ1) is 15.9. The van der Waals surface area contributed by atoms with Gasteiger partial charge in [-0.3, -0.25) is 9.62 Å². The third-order valence-corrected chi connectivity index (χ3v) is 7.24. The number of anilines is 1. The highest BCUT2D eigenvalue weighted by atomic mass is 32.2. The van der Waals surface area contributed by atoms with Gasteiger partial charge >= 0.3 is 0 Å².